The second-order valence-corrected chi connectivity index (χ2v) is 5.71. The Balaban J connectivity index is 1.80. The third kappa shape index (κ3) is 4.28. The van der Waals surface area contributed by atoms with E-state index in [-0.39, 0.29) is 5.91 Å². The molecular weight excluding hydrogens is 270 g/mol. The van der Waals surface area contributed by atoms with E-state index >= 15 is 0 Å². The van der Waals surface area contributed by atoms with Crippen LogP contribution < -0.4 is 11.1 Å². The lowest BCUT2D eigenvalue weighted by molar-refractivity contribution is -0.116. The minimum atomic E-state index is 0.0119. The molecule has 1 saturated carbocycles. The lowest BCUT2D eigenvalue weighted by Gasteiger charge is -2.15. The van der Waals surface area contributed by atoms with Crippen molar-refractivity contribution < 1.29 is 4.79 Å². The first-order valence-corrected chi connectivity index (χ1v) is 7.37. The van der Waals surface area contributed by atoms with Gasteiger partial charge in [0.2, 0.25) is 5.91 Å². The maximum atomic E-state index is 11.9. The van der Waals surface area contributed by atoms with E-state index in [1.165, 1.54) is 12.8 Å². The van der Waals surface area contributed by atoms with Gasteiger partial charge in [0.1, 0.15) is 4.99 Å². The average Bonchev–Trinajstić information content (AvgIpc) is 3.23. The van der Waals surface area contributed by atoms with Crippen LogP contribution in [0.1, 0.15) is 31.2 Å². The monoisotopic (exact) mass is 291 g/mol. The van der Waals surface area contributed by atoms with Crippen molar-refractivity contribution in [3.63, 3.8) is 0 Å². The fourth-order valence-electron chi connectivity index (χ4n) is 2.21. The van der Waals surface area contributed by atoms with Crippen molar-refractivity contribution in [1.82, 2.24) is 4.90 Å². The molecule has 0 atom stereocenters. The summed E-state index contributed by atoms with van der Waals surface area (Å²) in [4.78, 5) is 14.6. The lowest BCUT2D eigenvalue weighted by Crippen LogP contribution is -2.23. The molecule has 0 unspecified atom stereocenters. The molecule has 1 aliphatic rings. The Morgan fingerprint density at radius 3 is 2.80 bits per heavy atom. The Morgan fingerprint density at radius 1 is 1.45 bits per heavy atom. The number of benzene rings is 1. The SMILES string of the molecule is CN(CCCC(=O)Nc1ccccc1C(N)=S)C1CC1. The normalized spacial score (nSPS) is 14.3. The highest BCUT2D eigenvalue weighted by atomic mass is 32.1. The molecule has 1 fully saturated rings. The third-order valence-electron chi connectivity index (χ3n) is 3.55. The summed E-state index contributed by atoms with van der Waals surface area (Å²) in [7, 11) is 2.12. The number of amides is 1. The van der Waals surface area contributed by atoms with E-state index in [2.05, 4.69) is 17.3 Å². The van der Waals surface area contributed by atoms with E-state index in [1.807, 2.05) is 24.3 Å². The van der Waals surface area contributed by atoms with Crippen LogP contribution in [-0.4, -0.2) is 35.4 Å². The topological polar surface area (TPSA) is 58.4 Å². The number of nitrogens with one attached hydrogen (secondary N) is 1. The summed E-state index contributed by atoms with van der Waals surface area (Å²) in [5.41, 5.74) is 7.05. The van der Waals surface area contributed by atoms with Gasteiger partial charge in [-0.3, -0.25) is 4.79 Å². The molecule has 0 spiro atoms. The van der Waals surface area contributed by atoms with Crippen LogP contribution in [-0.2, 0) is 4.79 Å². The Morgan fingerprint density at radius 2 is 2.15 bits per heavy atom. The number of hydrogen-bond acceptors (Lipinski definition) is 3. The second kappa shape index (κ2) is 6.81. The van der Waals surface area contributed by atoms with Gasteiger partial charge in [0.05, 0.1) is 5.69 Å². The van der Waals surface area contributed by atoms with Crippen LogP contribution in [0.15, 0.2) is 24.3 Å². The predicted molar refractivity (Wildman–Crippen MR) is 85.8 cm³/mol. The van der Waals surface area contributed by atoms with Gasteiger partial charge >= 0.3 is 0 Å². The van der Waals surface area contributed by atoms with Gasteiger partial charge in [0, 0.05) is 18.0 Å². The highest BCUT2D eigenvalue weighted by Crippen LogP contribution is 2.25. The van der Waals surface area contributed by atoms with E-state index < -0.39 is 0 Å². The molecule has 4 nitrogen and oxygen atoms in total. The molecule has 1 aromatic rings. The first kappa shape index (κ1) is 14.9. The number of rotatable bonds is 7. The molecule has 20 heavy (non-hydrogen) atoms. The highest BCUT2D eigenvalue weighted by molar-refractivity contribution is 7.80. The molecule has 3 N–H and O–H groups in total. The number of thiocarbonyl (C=S) groups is 1. The van der Waals surface area contributed by atoms with Crippen molar-refractivity contribution >= 4 is 28.8 Å². The fourth-order valence-corrected chi connectivity index (χ4v) is 2.38. The zero-order valence-corrected chi connectivity index (χ0v) is 12.6. The molecule has 108 valence electrons. The number of nitrogens with two attached hydrogens (primary N) is 1. The molecule has 0 saturated heterocycles. The van der Waals surface area contributed by atoms with Crippen molar-refractivity contribution in [2.24, 2.45) is 5.73 Å². The minimum Gasteiger partial charge on any atom is -0.389 e. The van der Waals surface area contributed by atoms with Crippen molar-refractivity contribution in [2.45, 2.75) is 31.7 Å². The molecule has 0 radical (unpaired) electrons. The molecule has 2 rings (SSSR count). The van der Waals surface area contributed by atoms with E-state index in [1.54, 1.807) is 0 Å². The summed E-state index contributed by atoms with van der Waals surface area (Å²) in [5, 5.41) is 2.89. The maximum absolute atomic E-state index is 11.9. The summed E-state index contributed by atoms with van der Waals surface area (Å²) in [5.74, 6) is 0.0119. The molecule has 1 aromatic carbocycles. The number of nitrogens with zero attached hydrogens (tertiary/aromatic N) is 1. The van der Waals surface area contributed by atoms with E-state index in [0.717, 1.165) is 19.0 Å². The molecule has 5 heteroatoms. The Labute approximate surface area is 125 Å². The minimum absolute atomic E-state index is 0.0119. The number of carbonyl (C=O) groups excluding carboxylic acids is 1. The van der Waals surface area contributed by atoms with E-state index in [9.17, 15) is 4.79 Å². The van der Waals surface area contributed by atoms with Gasteiger partial charge in [-0.05, 0) is 45.0 Å². The van der Waals surface area contributed by atoms with Crippen molar-refractivity contribution in [1.29, 1.82) is 0 Å². The van der Waals surface area contributed by atoms with Crippen molar-refractivity contribution in [3.8, 4) is 0 Å². The molecule has 0 aromatic heterocycles. The summed E-state index contributed by atoms with van der Waals surface area (Å²) in [6.45, 7) is 0.967. The van der Waals surface area contributed by atoms with Gasteiger partial charge in [-0.15, -0.1) is 0 Å². The van der Waals surface area contributed by atoms with Gasteiger partial charge in [-0.1, -0.05) is 24.4 Å². The molecule has 0 heterocycles. The van der Waals surface area contributed by atoms with Gasteiger partial charge in [0.15, 0.2) is 0 Å². The van der Waals surface area contributed by atoms with Crippen LogP contribution in [0.4, 0.5) is 5.69 Å². The quantitative estimate of drug-likeness (QED) is 0.756. The first-order chi connectivity index (χ1) is 9.58. The summed E-state index contributed by atoms with van der Waals surface area (Å²) < 4.78 is 0. The van der Waals surface area contributed by atoms with Crippen LogP contribution in [0, 0.1) is 0 Å². The average molecular weight is 291 g/mol. The summed E-state index contributed by atoms with van der Waals surface area (Å²) in [6, 6.07) is 8.10. The summed E-state index contributed by atoms with van der Waals surface area (Å²) >= 11 is 4.98. The van der Waals surface area contributed by atoms with Crippen LogP contribution in [0.25, 0.3) is 0 Å². The van der Waals surface area contributed by atoms with Crippen molar-refractivity contribution in [3.05, 3.63) is 29.8 Å². The maximum Gasteiger partial charge on any atom is 0.224 e. The van der Waals surface area contributed by atoms with E-state index in [0.29, 0.717) is 22.7 Å². The molecule has 1 aliphatic carbocycles. The fraction of sp³-hybridized carbons (Fsp3) is 0.467. The smallest absolute Gasteiger partial charge is 0.224 e. The summed E-state index contributed by atoms with van der Waals surface area (Å²) in [6.07, 6.45) is 3.98. The van der Waals surface area contributed by atoms with Gasteiger partial charge in [-0.2, -0.15) is 0 Å². The Kier molecular flexibility index (Phi) is 5.09. The standard InChI is InChI=1S/C15H21N3OS/c1-18(11-8-9-11)10-4-7-14(19)17-13-6-3-2-5-12(13)15(16)20/h2-3,5-6,11H,4,7-10H2,1H3,(H2,16,20)(H,17,19). The zero-order valence-electron chi connectivity index (χ0n) is 11.8. The molecule has 1 amide bonds. The van der Waals surface area contributed by atoms with Crippen LogP contribution in [0.2, 0.25) is 0 Å². The van der Waals surface area contributed by atoms with Crippen LogP contribution in [0.5, 0.6) is 0 Å². The molecule has 0 aliphatic heterocycles. The van der Waals surface area contributed by atoms with Gasteiger partial charge in [0.25, 0.3) is 0 Å². The number of hydrogen-bond donors (Lipinski definition) is 2. The zero-order chi connectivity index (χ0) is 14.5. The van der Waals surface area contributed by atoms with Gasteiger partial charge in [-0.25, -0.2) is 0 Å². The predicted octanol–water partition coefficient (Wildman–Crippen LogP) is 2.13. The largest absolute Gasteiger partial charge is 0.389 e. The molecule has 0 bridgehead atoms. The van der Waals surface area contributed by atoms with Crippen LogP contribution in [0.3, 0.4) is 0 Å². The number of carbonyl (C=O) groups is 1. The highest BCUT2D eigenvalue weighted by Gasteiger charge is 2.25. The first-order valence-electron chi connectivity index (χ1n) is 6.97. The lowest BCUT2D eigenvalue weighted by atomic mass is 10.1. The van der Waals surface area contributed by atoms with Gasteiger partial charge < -0.3 is 16.0 Å². The van der Waals surface area contributed by atoms with Crippen LogP contribution >= 0.6 is 12.2 Å². The second-order valence-electron chi connectivity index (χ2n) is 5.27. The third-order valence-corrected chi connectivity index (χ3v) is 3.77. The van der Waals surface area contributed by atoms with E-state index in [4.69, 9.17) is 18.0 Å². The Hall–Kier alpha value is -1.46. The van der Waals surface area contributed by atoms with Crippen molar-refractivity contribution in [2.75, 3.05) is 18.9 Å². The number of anilines is 1. The molecular formula is C15H21N3OS. The number of para-hydroxylation sites is 1. The Bertz CT molecular complexity index is 500.